The van der Waals surface area contributed by atoms with Crippen LogP contribution in [-0.2, 0) is 25.8 Å². The lowest BCUT2D eigenvalue weighted by atomic mass is 10.2. The maximum atomic E-state index is 12.1. The van der Waals surface area contributed by atoms with Crippen molar-refractivity contribution >= 4 is 37.1 Å². The third-order valence-corrected chi connectivity index (χ3v) is 5.93. The van der Waals surface area contributed by atoms with Crippen molar-refractivity contribution < 1.29 is 16.8 Å². The Labute approximate surface area is 126 Å². The number of nitrogens with zero attached hydrogens (tertiary/aromatic N) is 1. The Balaban J connectivity index is 2.17. The summed E-state index contributed by atoms with van der Waals surface area (Å²) in [5, 5.41) is 5.59. The zero-order valence-electron chi connectivity index (χ0n) is 11.0. The monoisotopic (exact) mass is 347 g/mol. The van der Waals surface area contributed by atoms with Crippen molar-refractivity contribution in [1.82, 2.24) is 4.98 Å². The van der Waals surface area contributed by atoms with Crippen molar-refractivity contribution in [3.63, 3.8) is 0 Å². The molecule has 0 saturated carbocycles. The van der Waals surface area contributed by atoms with Gasteiger partial charge in [0.25, 0.3) is 10.0 Å². The average Bonchev–Trinajstić information content (AvgIpc) is 2.77. The fraction of sp³-hybridized carbons (Fsp3) is 0.182. The summed E-state index contributed by atoms with van der Waals surface area (Å²) in [6.45, 7) is 1.71. The number of sulfonamides is 2. The van der Waals surface area contributed by atoms with Crippen LogP contribution in [0.1, 0.15) is 10.6 Å². The molecule has 1 heterocycles. The Morgan fingerprint density at radius 2 is 1.81 bits per heavy atom. The SMILES string of the molecule is Cc1ncc(S(=O)(=O)Nc2ccc(CS(N)(=O)=O)cc2)s1. The van der Waals surface area contributed by atoms with E-state index >= 15 is 0 Å². The maximum Gasteiger partial charge on any atom is 0.273 e. The molecule has 0 unspecified atom stereocenters. The summed E-state index contributed by atoms with van der Waals surface area (Å²) in [5.74, 6) is -0.298. The number of thiazole rings is 1. The Morgan fingerprint density at radius 3 is 2.29 bits per heavy atom. The molecule has 0 aliphatic rings. The summed E-state index contributed by atoms with van der Waals surface area (Å²) in [5.41, 5.74) is 0.813. The molecule has 0 aliphatic carbocycles. The van der Waals surface area contributed by atoms with Crippen molar-refractivity contribution in [3.8, 4) is 0 Å². The molecule has 2 aromatic rings. The number of hydrogen-bond donors (Lipinski definition) is 2. The fourth-order valence-electron chi connectivity index (χ4n) is 1.57. The first-order valence-electron chi connectivity index (χ1n) is 5.70. The number of benzene rings is 1. The number of hydrogen-bond acceptors (Lipinski definition) is 6. The summed E-state index contributed by atoms with van der Waals surface area (Å²) in [6.07, 6.45) is 1.29. The number of primary sulfonamides is 1. The van der Waals surface area contributed by atoms with E-state index in [1.54, 1.807) is 6.92 Å². The minimum atomic E-state index is -3.68. The second-order valence-corrected chi connectivity index (χ2v) is 9.07. The van der Waals surface area contributed by atoms with E-state index in [1.165, 1.54) is 30.5 Å². The minimum absolute atomic E-state index is 0.119. The van der Waals surface area contributed by atoms with Crippen LogP contribution in [0.5, 0.6) is 0 Å². The largest absolute Gasteiger partial charge is 0.279 e. The van der Waals surface area contributed by atoms with Gasteiger partial charge < -0.3 is 0 Å². The zero-order valence-corrected chi connectivity index (χ0v) is 13.4. The van der Waals surface area contributed by atoms with Crippen LogP contribution in [0.3, 0.4) is 0 Å². The van der Waals surface area contributed by atoms with Crippen molar-refractivity contribution in [2.45, 2.75) is 16.9 Å². The second kappa shape index (κ2) is 5.72. The summed E-state index contributed by atoms with van der Waals surface area (Å²) in [7, 11) is -7.29. The Bertz CT molecular complexity index is 839. The first-order chi connectivity index (χ1) is 9.66. The van der Waals surface area contributed by atoms with E-state index in [-0.39, 0.29) is 9.96 Å². The molecule has 0 radical (unpaired) electrons. The molecule has 1 aromatic carbocycles. The number of aromatic nitrogens is 1. The quantitative estimate of drug-likeness (QED) is 0.837. The van der Waals surface area contributed by atoms with Crippen molar-refractivity contribution in [3.05, 3.63) is 41.0 Å². The summed E-state index contributed by atoms with van der Waals surface area (Å²) in [6, 6.07) is 5.96. The highest BCUT2D eigenvalue weighted by Gasteiger charge is 2.17. The predicted octanol–water partition coefficient (Wildman–Crippen LogP) is 1.04. The normalized spacial score (nSPS) is 12.3. The number of nitrogens with one attached hydrogen (secondary N) is 1. The van der Waals surface area contributed by atoms with E-state index < -0.39 is 20.0 Å². The molecule has 7 nitrogen and oxygen atoms in total. The lowest BCUT2D eigenvalue weighted by molar-refractivity contribution is 0.596. The summed E-state index contributed by atoms with van der Waals surface area (Å²) >= 11 is 1.07. The van der Waals surface area contributed by atoms with Crippen LogP contribution < -0.4 is 9.86 Å². The Hall–Kier alpha value is -1.49. The van der Waals surface area contributed by atoms with Crippen molar-refractivity contribution in [1.29, 1.82) is 0 Å². The molecule has 2 rings (SSSR count). The summed E-state index contributed by atoms with van der Waals surface area (Å²) < 4.78 is 48.6. The number of nitrogens with two attached hydrogens (primary N) is 1. The predicted molar refractivity (Wildman–Crippen MR) is 80.9 cm³/mol. The van der Waals surface area contributed by atoms with Gasteiger partial charge in [0.15, 0.2) is 4.21 Å². The number of anilines is 1. The van der Waals surface area contributed by atoms with Gasteiger partial charge in [0.1, 0.15) is 0 Å². The molecule has 1 aromatic heterocycles. The van der Waals surface area contributed by atoms with Gasteiger partial charge in [-0.2, -0.15) is 0 Å². The molecule has 0 bridgehead atoms. The second-order valence-electron chi connectivity index (χ2n) is 4.31. The molecule has 0 atom stereocenters. The molecular weight excluding hydrogens is 334 g/mol. The van der Waals surface area contributed by atoms with Crippen LogP contribution in [0.2, 0.25) is 0 Å². The molecule has 114 valence electrons. The van der Waals surface area contributed by atoms with Crippen molar-refractivity contribution in [2.75, 3.05) is 4.72 Å². The first kappa shape index (κ1) is 15.9. The highest BCUT2D eigenvalue weighted by atomic mass is 32.2. The third kappa shape index (κ3) is 4.49. The van der Waals surface area contributed by atoms with Crippen LogP contribution in [-0.4, -0.2) is 21.8 Å². The van der Waals surface area contributed by atoms with E-state index in [9.17, 15) is 16.8 Å². The van der Waals surface area contributed by atoms with Crippen LogP contribution in [0.15, 0.2) is 34.7 Å². The molecule has 0 saturated heterocycles. The standard InChI is InChI=1S/C11H13N3O4S3/c1-8-13-6-11(19-8)21(17,18)14-10-4-2-9(3-5-10)7-20(12,15)16/h2-6,14H,7H2,1H3,(H2,12,15,16). The Morgan fingerprint density at radius 1 is 1.19 bits per heavy atom. The van der Waals surface area contributed by atoms with E-state index in [1.807, 2.05) is 0 Å². The molecule has 0 amide bonds. The van der Waals surface area contributed by atoms with Crippen molar-refractivity contribution in [2.24, 2.45) is 5.14 Å². The van der Waals surface area contributed by atoms with Gasteiger partial charge >= 0.3 is 0 Å². The molecule has 0 fully saturated rings. The van der Waals surface area contributed by atoms with Crippen LogP contribution in [0.25, 0.3) is 0 Å². The van der Waals surface area contributed by atoms with E-state index in [2.05, 4.69) is 9.71 Å². The zero-order chi connectivity index (χ0) is 15.7. The van der Waals surface area contributed by atoms with Crippen LogP contribution >= 0.6 is 11.3 Å². The van der Waals surface area contributed by atoms with E-state index in [0.29, 0.717) is 16.3 Å². The van der Waals surface area contributed by atoms with Gasteiger partial charge in [-0.05, 0) is 24.6 Å². The van der Waals surface area contributed by atoms with Gasteiger partial charge in [-0.25, -0.2) is 27.0 Å². The highest BCUT2D eigenvalue weighted by molar-refractivity contribution is 7.94. The van der Waals surface area contributed by atoms with Crippen LogP contribution in [0, 0.1) is 6.92 Å². The van der Waals surface area contributed by atoms with E-state index in [0.717, 1.165) is 11.3 Å². The molecule has 10 heteroatoms. The van der Waals surface area contributed by atoms with Gasteiger partial charge in [0.05, 0.1) is 17.0 Å². The lowest BCUT2D eigenvalue weighted by Crippen LogP contribution is -2.14. The topological polar surface area (TPSA) is 119 Å². The molecule has 0 spiro atoms. The van der Waals surface area contributed by atoms with Crippen LogP contribution in [0.4, 0.5) is 5.69 Å². The Kier molecular flexibility index (Phi) is 4.33. The van der Waals surface area contributed by atoms with Gasteiger partial charge in [0, 0.05) is 5.69 Å². The molecule has 21 heavy (non-hydrogen) atoms. The van der Waals surface area contributed by atoms with Gasteiger partial charge in [-0.3, -0.25) is 4.72 Å². The number of rotatable bonds is 5. The fourth-order valence-corrected chi connectivity index (χ4v) is 4.40. The minimum Gasteiger partial charge on any atom is -0.279 e. The smallest absolute Gasteiger partial charge is 0.273 e. The first-order valence-corrected chi connectivity index (χ1v) is 9.72. The average molecular weight is 347 g/mol. The highest BCUT2D eigenvalue weighted by Crippen LogP contribution is 2.21. The summed E-state index contributed by atoms with van der Waals surface area (Å²) in [4.78, 5) is 3.90. The molecule has 3 N–H and O–H groups in total. The molecule has 0 aliphatic heterocycles. The molecular formula is C11H13N3O4S3. The van der Waals surface area contributed by atoms with Gasteiger partial charge in [-0.1, -0.05) is 12.1 Å². The van der Waals surface area contributed by atoms with Gasteiger partial charge in [0.2, 0.25) is 10.0 Å². The third-order valence-electron chi connectivity index (χ3n) is 2.44. The maximum absolute atomic E-state index is 12.1. The lowest BCUT2D eigenvalue weighted by Gasteiger charge is -2.06. The number of aryl methyl sites for hydroxylation is 1. The van der Waals surface area contributed by atoms with Gasteiger partial charge in [-0.15, -0.1) is 11.3 Å². The van der Waals surface area contributed by atoms with E-state index in [4.69, 9.17) is 5.14 Å².